The molecule has 1 saturated heterocycles. The first-order valence-electron chi connectivity index (χ1n) is 11.6. The molecule has 32 heavy (non-hydrogen) atoms. The average molecular weight is 448 g/mol. The number of hydrogen-bond acceptors (Lipinski definition) is 5. The molecule has 0 unspecified atom stereocenters. The maximum absolute atomic E-state index is 11.7. The molecular weight excluding hydrogens is 406 g/mol. The van der Waals surface area contributed by atoms with Gasteiger partial charge in [0.2, 0.25) is 0 Å². The second kappa shape index (κ2) is 13.2. The van der Waals surface area contributed by atoms with Gasteiger partial charge in [0.15, 0.2) is 5.96 Å². The summed E-state index contributed by atoms with van der Waals surface area (Å²) in [5.41, 5.74) is 0.832. The molecule has 0 bridgehead atoms. The smallest absolute Gasteiger partial charge is 0.407 e. The first-order chi connectivity index (χ1) is 15.3. The molecule has 1 aromatic rings. The van der Waals surface area contributed by atoms with Crippen LogP contribution >= 0.6 is 0 Å². The number of piperidine rings is 1. The number of alkyl carbamates (subject to hydrolysis) is 1. The molecule has 1 heterocycles. The van der Waals surface area contributed by atoms with Gasteiger partial charge in [0.1, 0.15) is 11.4 Å². The van der Waals surface area contributed by atoms with E-state index in [1.54, 1.807) is 7.11 Å². The van der Waals surface area contributed by atoms with Gasteiger partial charge in [-0.15, -0.1) is 0 Å². The SMILES string of the molecule is CCNC(=NCC1CCN(Cc2ccc(OC)cc2)CC1)NCCNC(=O)OC(C)(C)C. The van der Waals surface area contributed by atoms with Gasteiger partial charge in [-0.1, -0.05) is 12.1 Å². The molecule has 0 saturated carbocycles. The van der Waals surface area contributed by atoms with Gasteiger partial charge in [0.25, 0.3) is 0 Å². The Morgan fingerprint density at radius 3 is 2.34 bits per heavy atom. The highest BCUT2D eigenvalue weighted by molar-refractivity contribution is 5.79. The molecular formula is C24H41N5O3. The summed E-state index contributed by atoms with van der Waals surface area (Å²) < 4.78 is 10.5. The Labute approximate surface area is 193 Å². The Bertz CT molecular complexity index is 707. The fraction of sp³-hybridized carbons (Fsp3) is 0.667. The van der Waals surface area contributed by atoms with Crippen molar-refractivity contribution in [2.24, 2.45) is 10.9 Å². The number of rotatable bonds is 9. The van der Waals surface area contributed by atoms with E-state index in [-0.39, 0.29) is 0 Å². The van der Waals surface area contributed by atoms with Crippen molar-refractivity contribution in [1.82, 2.24) is 20.9 Å². The molecule has 0 aromatic heterocycles. The Kier molecular flexibility index (Phi) is 10.6. The van der Waals surface area contributed by atoms with Crippen molar-refractivity contribution in [3.05, 3.63) is 29.8 Å². The van der Waals surface area contributed by atoms with Gasteiger partial charge in [-0.3, -0.25) is 9.89 Å². The van der Waals surface area contributed by atoms with Crippen LogP contribution in [0.15, 0.2) is 29.3 Å². The Balaban J connectivity index is 1.68. The quantitative estimate of drug-likeness (QED) is 0.306. The molecule has 1 aliphatic heterocycles. The number of nitrogens with one attached hydrogen (secondary N) is 3. The number of benzene rings is 1. The number of nitrogens with zero attached hydrogens (tertiary/aromatic N) is 2. The molecule has 3 N–H and O–H groups in total. The van der Waals surface area contributed by atoms with Crippen molar-refractivity contribution in [1.29, 1.82) is 0 Å². The summed E-state index contributed by atoms with van der Waals surface area (Å²) in [6.07, 6.45) is 1.90. The van der Waals surface area contributed by atoms with Crippen LogP contribution in [0, 0.1) is 5.92 Å². The van der Waals surface area contributed by atoms with Crippen LogP contribution in [-0.2, 0) is 11.3 Å². The molecule has 0 radical (unpaired) electrons. The van der Waals surface area contributed by atoms with Gasteiger partial charge < -0.3 is 25.4 Å². The number of guanidine groups is 1. The molecule has 0 atom stereocenters. The Morgan fingerprint density at radius 2 is 1.75 bits per heavy atom. The predicted molar refractivity (Wildman–Crippen MR) is 129 cm³/mol. The molecule has 0 aliphatic carbocycles. The van der Waals surface area contributed by atoms with Crippen molar-refractivity contribution in [2.75, 3.05) is 46.4 Å². The summed E-state index contributed by atoms with van der Waals surface area (Å²) in [5.74, 6) is 2.28. The third kappa shape index (κ3) is 10.2. The lowest BCUT2D eigenvalue weighted by Crippen LogP contribution is -2.43. The number of carbonyl (C=O) groups excluding carboxylic acids is 1. The molecule has 0 spiro atoms. The van der Waals surface area contributed by atoms with E-state index in [0.29, 0.717) is 19.0 Å². The molecule has 1 aromatic carbocycles. The van der Waals surface area contributed by atoms with Crippen LogP contribution in [0.5, 0.6) is 5.75 Å². The molecule has 8 nitrogen and oxygen atoms in total. The van der Waals surface area contributed by atoms with E-state index in [9.17, 15) is 4.79 Å². The monoisotopic (exact) mass is 447 g/mol. The van der Waals surface area contributed by atoms with Crippen LogP contribution in [0.2, 0.25) is 0 Å². The van der Waals surface area contributed by atoms with Crippen LogP contribution in [0.25, 0.3) is 0 Å². The van der Waals surface area contributed by atoms with Crippen molar-refractivity contribution < 1.29 is 14.3 Å². The number of amides is 1. The lowest BCUT2D eigenvalue weighted by Gasteiger charge is -2.31. The zero-order chi connectivity index (χ0) is 23.4. The number of carbonyl (C=O) groups is 1. The summed E-state index contributed by atoms with van der Waals surface area (Å²) in [7, 11) is 1.69. The first kappa shape index (κ1) is 25.8. The fourth-order valence-corrected chi connectivity index (χ4v) is 3.54. The van der Waals surface area contributed by atoms with Crippen LogP contribution in [-0.4, -0.2) is 68.9 Å². The normalized spacial score (nSPS) is 15.8. The molecule has 1 fully saturated rings. The van der Waals surface area contributed by atoms with Crippen molar-refractivity contribution >= 4 is 12.1 Å². The third-order valence-electron chi connectivity index (χ3n) is 5.21. The highest BCUT2D eigenvalue weighted by atomic mass is 16.6. The lowest BCUT2D eigenvalue weighted by atomic mass is 9.96. The van der Waals surface area contributed by atoms with Crippen LogP contribution in [0.1, 0.15) is 46.1 Å². The lowest BCUT2D eigenvalue weighted by molar-refractivity contribution is 0.0529. The average Bonchev–Trinajstić information content (AvgIpc) is 2.75. The van der Waals surface area contributed by atoms with E-state index in [0.717, 1.165) is 57.3 Å². The summed E-state index contributed by atoms with van der Waals surface area (Å²) in [5, 5.41) is 9.31. The molecule has 1 aliphatic rings. The van der Waals surface area contributed by atoms with Gasteiger partial charge in [0.05, 0.1) is 7.11 Å². The van der Waals surface area contributed by atoms with E-state index in [4.69, 9.17) is 14.5 Å². The number of hydrogen-bond donors (Lipinski definition) is 3. The van der Waals surface area contributed by atoms with Gasteiger partial charge in [-0.25, -0.2) is 4.79 Å². The highest BCUT2D eigenvalue weighted by Crippen LogP contribution is 2.20. The van der Waals surface area contributed by atoms with E-state index < -0.39 is 11.7 Å². The Hall–Kier alpha value is -2.48. The summed E-state index contributed by atoms with van der Waals surface area (Å²) in [4.78, 5) is 19.0. The van der Waals surface area contributed by atoms with Crippen molar-refractivity contribution in [3.63, 3.8) is 0 Å². The third-order valence-corrected chi connectivity index (χ3v) is 5.21. The summed E-state index contributed by atoms with van der Waals surface area (Å²) in [6.45, 7) is 13.4. The molecule has 8 heteroatoms. The number of ether oxygens (including phenoxy) is 2. The zero-order valence-corrected chi connectivity index (χ0v) is 20.4. The molecule has 2 rings (SSSR count). The van der Waals surface area contributed by atoms with Crippen LogP contribution < -0.4 is 20.7 Å². The van der Waals surface area contributed by atoms with Crippen molar-refractivity contribution in [2.45, 2.75) is 52.7 Å². The number of methoxy groups -OCH3 is 1. The standard InChI is InChI=1S/C24H41N5O3/c1-6-25-22(26-13-14-27-23(30)32-24(2,3)4)28-17-19-11-15-29(16-12-19)18-20-7-9-21(31-5)10-8-20/h7-10,19H,6,11-18H2,1-5H3,(H,27,30)(H2,25,26,28). The fourth-order valence-electron chi connectivity index (χ4n) is 3.54. The van der Waals surface area contributed by atoms with E-state index in [1.807, 2.05) is 39.8 Å². The summed E-state index contributed by atoms with van der Waals surface area (Å²) in [6, 6.07) is 8.33. The minimum atomic E-state index is -0.488. The Morgan fingerprint density at radius 1 is 1.09 bits per heavy atom. The van der Waals surface area contributed by atoms with E-state index >= 15 is 0 Å². The second-order valence-electron chi connectivity index (χ2n) is 9.14. The van der Waals surface area contributed by atoms with Gasteiger partial charge >= 0.3 is 6.09 Å². The largest absolute Gasteiger partial charge is 0.497 e. The molecule has 1 amide bonds. The van der Waals surface area contributed by atoms with Gasteiger partial charge in [-0.05, 0) is 77.2 Å². The second-order valence-corrected chi connectivity index (χ2v) is 9.14. The predicted octanol–water partition coefficient (Wildman–Crippen LogP) is 2.99. The topological polar surface area (TPSA) is 87.2 Å². The molecule has 180 valence electrons. The minimum absolute atomic E-state index is 0.400. The first-order valence-corrected chi connectivity index (χ1v) is 11.6. The number of likely N-dealkylation sites (tertiary alicyclic amines) is 1. The van der Waals surface area contributed by atoms with Crippen molar-refractivity contribution in [3.8, 4) is 5.75 Å². The summed E-state index contributed by atoms with van der Waals surface area (Å²) >= 11 is 0. The maximum Gasteiger partial charge on any atom is 0.407 e. The van der Waals surface area contributed by atoms with E-state index in [1.165, 1.54) is 5.56 Å². The number of aliphatic imine (C=N–C) groups is 1. The van der Waals surface area contributed by atoms with Gasteiger partial charge in [-0.2, -0.15) is 0 Å². The van der Waals surface area contributed by atoms with E-state index in [2.05, 4.69) is 33.0 Å². The van der Waals surface area contributed by atoms with Crippen LogP contribution in [0.4, 0.5) is 4.79 Å². The maximum atomic E-state index is 11.7. The van der Waals surface area contributed by atoms with Crippen LogP contribution in [0.3, 0.4) is 0 Å². The zero-order valence-electron chi connectivity index (χ0n) is 20.4. The van der Waals surface area contributed by atoms with Gasteiger partial charge in [0, 0.05) is 32.7 Å². The minimum Gasteiger partial charge on any atom is -0.497 e. The highest BCUT2D eigenvalue weighted by Gasteiger charge is 2.19.